The summed E-state index contributed by atoms with van der Waals surface area (Å²) in [6.07, 6.45) is 1.63. The maximum atomic E-state index is 12.6. The Morgan fingerprint density at radius 1 is 0.594 bits per heavy atom. The third-order valence-corrected chi connectivity index (χ3v) is 5.67. The molecule has 2 aromatic rings. The molecule has 2 aromatic carbocycles. The summed E-state index contributed by atoms with van der Waals surface area (Å²) < 4.78 is 10.8. The van der Waals surface area contributed by atoms with Gasteiger partial charge < -0.3 is 55.3 Å². The summed E-state index contributed by atoms with van der Waals surface area (Å²) in [7, 11) is 0. The predicted molar refractivity (Wildman–Crippen MR) is 125 cm³/mol. The lowest BCUT2D eigenvalue weighted by Gasteiger charge is -2.26. The molecule has 0 spiro atoms. The van der Waals surface area contributed by atoms with E-state index < -0.39 is 23.8 Å². The van der Waals surface area contributed by atoms with Gasteiger partial charge in [0.15, 0.2) is 11.5 Å². The second-order valence-corrected chi connectivity index (χ2v) is 7.81. The zero-order chi connectivity index (χ0) is 23.7. The fraction of sp³-hybridized carbons (Fsp3) is 0.300. The van der Waals surface area contributed by atoms with Gasteiger partial charge in [0, 0.05) is 6.07 Å². The average Bonchev–Trinajstić information content (AvgIpc) is 2.77. The van der Waals surface area contributed by atoms with E-state index in [1.54, 1.807) is 0 Å². The molecule has 0 heterocycles. The molecule has 0 bridgehead atoms. The number of carbonyl (C=O) groups excluding carboxylic acids is 2. The zero-order valence-electron chi connectivity index (χ0n) is 17.4. The molecule has 0 aromatic heterocycles. The van der Waals surface area contributed by atoms with Gasteiger partial charge in [0.2, 0.25) is 0 Å². The fourth-order valence-electron chi connectivity index (χ4n) is 3.61. The number of esters is 2. The number of nitrogen functional groups attached to an aromatic ring is 8. The molecule has 0 atom stereocenters. The number of benzene rings is 2. The van der Waals surface area contributed by atoms with Crippen LogP contribution in [0.3, 0.4) is 0 Å². The van der Waals surface area contributed by atoms with E-state index in [4.69, 9.17) is 55.3 Å². The highest BCUT2D eigenvalue weighted by Crippen LogP contribution is 2.40. The van der Waals surface area contributed by atoms with Gasteiger partial charge in [0.1, 0.15) is 11.4 Å². The zero-order valence-corrected chi connectivity index (χ0v) is 17.4. The van der Waals surface area contributed by atoms with Gasteiger partial charge in [-0.1, -0.05) is 0 Å². The predicted octanol–water partition coefficient (Wildman–Crippen LogP) is 0.662. The molecular weight excluding hydrogens is 416 g/mol. The molecule has 0 radical (unpaired) electrons. The van der Waals surface area contributed by atoms with Gasteiger partial charge in [-0.25, -0.2) is 0 Å². The van der Waals surface area contributed by atoms with Crippen LogP contribution in [0.5, 0.6) is 11.5 Å². The summed E-state index contributed by atoms with van der Waals surface area (Å²) in [6, 6.07) is 2.73. The van der Waals surface area contributed by atoms with Crippen molar-refractivity contribution in [3.8, 4) is 11.5 Å². The lowest BCUT2D eigenvalue weighted by molar-refractivity contribution is -0.145. The average molecular weight is 444 g/mol. The van der Waals surface area contributed by atoms with E-state index >= 15 is 0 Å². The van der Waals surface area contributed by atoms with Crippen LogP contribution in [0.2, 0.25) is 0 Å². The van der Waals surface area contributed by atoms with Crippen molar-refractivity contribution in [1.29, 1.82) is 0 Å². The van der Waals surface area contributed by atoms with Crippen molar-refractivity contribution in [2.75, 3.05) is 45.9 Å². The molecule has 3 rings (SSSR count). The van der Waals surface area contributed by atoms with Crippen molar-refractivity contribution in [2.45, 2.75) is 25.7 Å². The first kappa shape index (κ1) is 22.5. The number of hydrogen-bond acceptors (Lipinski definition) is 12. The van der Waals surface area contributed by atoms with Crippen molar-refractivity contribution in [3.63, 3.8) is 0 Å². The molecule has 1 fully saturated rings. The van der Waals surface area contributed by atoms with Crippen molar-refractivity contribution in [1.82, 2.24) is 0 Å². The van der Waals surface area contributed by atoms with Gasteiger partial charge >= 0.3 is 11.9 Å². The Kier molecular flexibility index (Phi) is 5.96. The molecule has 0 amide bonds. The largest absolute Gasteiger partial charge is 0.424 e. The van der Waals surface area contributed by atoms with Gasteiger partial charge in [-0.05, 0) is 31.7 Å². The van der Waals surface area contributed by atoms with Crippen molar-refractivity contribution in [2.24, 2.45) is 11.8 Å². The lowest BCUT2D eigenvalue weighted by atomic mass is 9.82. The summed E-state index contributed by atoms with van der Waals surface area (Å²) >= 11 is 0. The van der Waals surface area contributed by atoms with Gasteiger partial charge in [-0.3, -0.25) is 9.59 Å². The third kappa shape index (κ3) is 4.15. The Hall–Kier alpha value is -4.22. The smallest absolute Gasteiger partial charge is 0.314 e. The van der Waals surface area contributed by atoms with Crippen LogP contribution in [0.4, 0.5) is 45.5 Å². The topological polar surface area (TPSA) is 261 Å². The SMILES string of the molecule is Nc1cc(OC(=O)C2CCC(C(=O)Oc3c(N)cc(N)c(N)c3N)CC2)c(N)c(N)c1N. The highest BCUT2D eigenvalue weighted by molar-refractivity contribution is 5.92. The Morgan fingerprint density at radius 3 is 1.62 bits per heavy atom. The van der Waals surface area contributed by atoms with Crippen LogP contribution in [-0.4, -0.2) is 11.9 Å². The molecule has 1 aliphatic rings. The Bertz CT molecular complexity index is 1080. The second-order valence-electron chi connectivity index (χ2n) is 7.81. The number of carbonyl (C=O) groups is 2. The highest BCUT2D eigenvalue weighted by Gasteiger charge is 2.33. The molecular formula is C20H28N8O4. The number of nitrogens with two attached hydrogens (primary N) is 8. The molecule has 0 unspecified atom stereocenters. The maximum absolute atomic E-state index is 12.6. The molecule has 16 N–H and O–H groups in total. The number of hydrogen-bond donors (Lipinski definition) is 8. The van der Waals surface area contributed by atoms with Gasteiger partial charge in [-0.2, -0.15) is 0 Å². The summed E-state index contributed by atoms with van der Waals surface area (Å²) in [5.74, 6) is -1.84. The minimum atomic E-state index is -0.511. The molecule has 0 saturated heterocycles. The minimum Gasteiger partial charge on any atom is -0.424 e. The minimum absolute atomic E-state index is 0.00717. The summed E-state index contributed by atoms with van der Waals surface area (Å²) in [4.78, 5) is 25.2. The first-order valence-electron chi connectivity index (χ1n) is 9.90. The van der Waals surface area contributed by atoms with Crippen LogP contribution in [0.1, 0.15) is 25.7 Å². The van der Waals surface area contributed by atoms with Gasteiger partial charge in [-0.15, -0.1) is 0 Å². The van der Waals surface area contributed by atoms with Crippen molar-refractivity contribution in [3.05, 3.63) is 12.1 Å². The normalized spacial score (nSPS) is 18.1. The van der Waals surface area contributed by atoms with E-state index in [0.717, 1.165) is 0 Å². The van der Waals surface area contributed by atoms with E-state index in [2.05, 4.69) is 0 Å². The van der Waals surface area contributed by atoms with Gasteiger partial charge in [0.25, 0.3) is 0 Å². The molecule has 12 nitrogen and oxygen atoms in total. The van der Waals surface area contributed by atoms with E-state index in [9.17, 15) is 9.59 Å². The van der Waals surface area contributed by atoms with Crippen LogP contribution in [0.25, 0.3) is 0 Å². The number of anilines is 8. The summed E-state index contributed by atoms with van der Waals surface area (Å²) in [5, 5.41) is 0. The van der Waals surface area contributed by atoms with Crippen LogP contribution < -0.4 is 55.3 Å². The molecule has 12 heteroatoms. The Morgan fingerprint density at radius 2 is 1.06 bits per heavy atom. The van der Waals surface area contributed by atoms with Crippen LogP contribution in [0, 0.1) is 11.8 Å². The summed E-state index contributed by atoms with van der Waals surface area (Å²) in [6.45, 7) is 0. The first-order valence-corrected chi connectivity index (χ1v) is 9.90. The Labute approximate surface area is 184 Å². The van der Waals surface area contributed by atoms with E-state index in [1.807, 2.05) is 0 Å². The fourth-order valence-corrected chi connectivity index (χ4v) is 3.61. The first-order chi connectivity index (χ1) is 15.0. The second kappa shape index (κ2) is 8.49. The molecule has 1 saturated carbocycles. The standard InChI is InChI=1S/C20H28N8O4/c21-9-5-11(23)18(17(28)14(9)25)32-20(30)8-3-1-7(2-4-8)19(29)31-12-6-10(22)13(24)16(27)15(12)26/h5-8H,1-4,21-28H2. The number of rotatable bonds is 4. The molecule has 1 aliphatic carbocycles. The van der Waals surface area contributed by atoms with Crippen LogP contribution in [0.15, 0.2) is 12.1 Å². The highest BCUT2D eigenvalue weighted by atomic mass is 16.5. The van der Waals surface area contributed by atoms with Crippen molar-refractivity contribution < 1.29 is 19.1 Å². The maximum Gasteiger partial charge on any atom is 0.314 e. The molecule has 0 aliphatic heterocycles. The monoisotopic (exact) mass is 444 g/mol. The van der Waals surface area contributed by atoms with Crippen LogP contribution in [-0.2, 0) is 9.59 Å². The van der Waals surface area contributed by atoms with Crippen molar-refractivity contribution >= 4 is 57.4 Å². The van der Waals surface area contributed by atoms with E-state index in [1.165, 1.54) is 12.1 Å². The van der Waals surface area contributed by atoms with E-state index in [-0.39, 0.29) is 57.0 Å². The number of ether oxygens (including phenoxy) is 2. The van der Waals surface area contributed by atoms with E-state index in [0.29, 0.717) is 25.7 Å². The summed E-state index contributed by atoms with van der Waals surface area (Å²) in [5.41, 5.74) is 47.1. The van der Waals surface area contributed by atoms with Crippen LogP contribution >= 0.6 is 0 Å². The molecule has 172 valence electrons. The third-order valence-electron chi connectivity index (χ3n) is 5.67. The quantitative estimate of drug-likeness (QED) is 0.184. The molecule has 32 heavy (non-hydrogen) atoms. The Balaban J connectivity index is 1.61. The van der Waals surface area contributed by atoms with Gasteiger partial charge in [0.05, 0.1) is 46.0 Å². The lowest BCUT2D eigenvalue weighted by Crippen LogP contribution is -2.31.